The molecule has 1 heterocycles. The number of benzene rings is 1. The van der Waals surface area contributed by atoms with E-state index in [1.54, 1.807) is 0 Å². The van der Waals surface area contributed by atoms with Crippen molar-refractivity contribution in [2.45, 2.75) is 32.7 Å². The fourth-order valence-corrected chi connectivity index (χ4v) is 2.37. The lowest BCUT2D eigenvalue weighted by atomic mass is 9.84. The summed E-state index contributed by atoms with van der Waals surface area (Å²) in [6.07, 6.45) is 1.25. The molecule has 0 saturated heterocycles. The number of nitrogens with one attached hydrogen (secondary N) is 1. The quantitative estimate of drug-likeness (QED) is 0.897. The van der Waals surface area contributed by atoms with Gasteiger partial charge in [-0.3, -0.25) is 14.3 Å². The zero-order valence-corrected chi connectivity index (χ0v) is 13.8. The zero-order chi connectivity index (χ0) is 17.2. The highest BCUT2D eigenvalue weighted by Gasteiger charge is 2.23. The van der Waals surface area contributed by atoms with Crippen LogP contribution < -0.4 is 10.7 Å². The summed E-state index contributed by atoms with van der Waals surface area (Å²) in [5.41, 5.74) is 0.901. The van der Waals surface area contributed by atoms with E-state index in [-0.39, 0.29) is 11.1 Å². The minimum absolute atomic E-state index is 0.290. The maximum atomic E-state index is 11.8. The van der Waals surface area contributed by atoms with Crippen LogP contribution in [0.15, 0.2) is 35.3 Å². The Kier molecular flexibility index (Phi) is 4.54. The minimum Gasteiger partial charge on any atom is -0.503 e. The number of carbonyl (C=O) groups excluding carboxylic acids is 1. The van der Waals surface area contributed by atoms with E-state index < -0.39 is 17.1 Å². The Morgan fingerprint density at radius 1 is 1.30 bits per heavy atom. The smallest absolute Gasteiger partial charge is 0.275 e. The molecule has 1 aromatic heterocycles. The van der Waals surface area contributed by atoms with Crippen LogP contribution in [0.4, 0.5) is 0 Å². The number of amides is 1. The van der Waals surface area contributed by atoms with Crippen LogP contribution in [0.2, 0.25) is 0 Å². The molecule has 6 heteroatoms. The number of aromatic nitrogens is 2. The fraction of sp³-hybridized carbons (Fsp3) is 0.353. The molecule has 1 aromatic carbocycles. The van der Waals surface area contributed by atoms with Crippen molar-refractivity contribution >= 4 is 5.91 Å². The van der Waals surface area contributed by atoms with E-state index >= 15 is 0 Å². The van der Waals surface area contributed by atoms with E-state index in [4.69, 9.17) is 0 Å². The van der Waals surface area contributed by atoms with Crippen LogP contribution in [0.1, 0.15) is 35.5 Å². The van der Waals surface area contributed by atoms with E-state index in [0.29, 0.717) is 6.54 Å². The first-order valence-electron chi connectivity index (χ1n) is 7.34. The van der Waals surface area contributed by atoms with Crippen LogP contribution in [0, 0.1) is 6.92 Å². The van der Waals surface area contributed by atoms with Gasteiger partial charge in [-0.05, 0) is 12.5 Å². The Hall–Kier alpha value is -2.63. The van der Waals surface area contributed by atoms with Gasteiger partial charge in [0.2, 0.25) is 0 Å². The molecule has 0 fully saturated rings. The lowest BCUT2D eigenvalue weighted by molar-refractivity contribution is 0.0953. The minimum atomic E-state index is -0.770. The highest BCUT2D eigenvalue weighted by atomic mass is 16.3. The molecule has 6 nitrogen and oxygen atoms in total. The molecule has 0 atom stereocenters. The Labute approximate surface area is 134 Å². The van der Waals surface area contributed by atoms with Crippen molar-refractivity contribution in [2.24, 2.45) is 0 Å². The molecule has 1 amide bonds. The fourth-order valence-electron chi connectivity index (χ4n) is 2.37. The van der Waals surface area contributed by atoms with E-state index in [0.717, 1.165) is 5.56 Å². The van der Waals surface area contributed by atoms with Crippen molar-refractivity contribution in [2.75, 3.05) is 7.05 Å². The third-order valence-electron chi connectivity index (χ3n) is 3.78. The molecular weight excluding hydrogens is 294 g/mol. The van der Waals surface area contributed by atoms with Crippen molar-refractivity contribution in [3.8, 4) is 5.75 Å². The van der Waals surface area contributed by atoms with Crippen LogP contribution in [0.5, 0.6) is 5.75 Å². The summed E-state index contributed by atoms with van der Waals surface area (Å²) in [5.74, 6) is -1.11. The van der Waals surface area contributed by atoms with Crippen LogP contribution in [0.3, 0.4) is 0 Å². The van der Waals surface area contributed by atoms with Crippen molar-refractivity contribution < 1.29 is 9.90 Å². The highest BCUT2D eigenvalue weighted by molar-refractivity contribution is 5.92. The molecule has 122 valence electrons. The number of nitrogens with zero attached hydrogens (tertiary/aromatic N) is 2. The number of aryl methyl sites for hydroxylation is 1. The van der Waals surface area contributed by atoms with Crippen molar-refractivity contribution in [3.63, 3.8) is 0 Å². The third-order valence-corrected chi connectivity index (χ3v) is 3.78. The standard InChI is InChI=1S/C17H21N3O3/c1-11-5-7-12(8-6-11)17(2,3)10-20-9-13(21)15(22)14(19-20)16(23)18-4/h5-9,21H,10H2,1-4H3,(H,18,23). The van der Waals surface area contributed by atoms with Crippen molar-refractivity contribution in [3.05, 3.63) is 57.5 Å². The monoisotopic (exact) mass is 315 g/mol. The van der Waals surface area contributed by atoms with Gasteiger partial charge in [0.15, 0.2) is 11.4 Å². The third kappa shape index (κ3) is 3.59. The Morgan fingerprint density at radius 3 is 2.48 bits per heavy atom. The normalized spacial score (nSPS) is 11.3. The van der Waals surface area contributed by atoms with E-state index in [1.807, 2.05) is 45.0 Å². The average molecular weight is 315 g/mol. The summed E-state index contributed by atoms with van der Waals surface area (Å²) in [5, 5.41) is 16.2. The van der Waals surface area contributed by atoms with Gasteiger partial charge in [0.1, 0.15) is 0 Å². The number of carbonyl (C=O) groups is 1. The number of hydrogen-bond acceptors (Lipinski definition) is 4. The molecule has 2 aromatic rings. The lowest BCUT2D eigenvalue weighted by Crippen LogP contribution is -2.32. The Bertz CT molecular complexity index is 777. The van der Waals surface area contributed by atoms with Gasteiger partial charge >= 0.3 is 0 Å². The van der Waals surface area contributed by atoms with Gasteiger partial charge in [0.05, 0.1) is 12.7 Å². The molecule has 2 rings (SSSR count). The topological polar surface area (TPSA) is 84.2 Å². The molecule has 0 aliphatic heterocycles. The molecular formula is C17H21N3O3. The summed E-state index contributed by atoms with van der Waals surface area (Å²) in [7, 11) is 1.41. The first-order valence-corrected chi connectivity index (χ1v) is 7.34. The molecule has 23 heavy (non-hydrogen) atoms. The number of aromatic hydroxyl groups is 1. The highest BCUT2D eigenvalue weighted by Crippen LogP contribution is 2.25. The summed E-state index contributed by atoms with van der Waals surface area (Å²) in [6, 6.07) is 8.14. The first kappa shape index (κ1) is 16.7. The maximum Gasteiger partial charge on any atom is 0.275 e. The molecule has 0 aliphatic carbocycles. The molecule has 2 N–H and O–H groups in total. The van der Waals surface area contributed by atoms with Gasteiger partial charge in [0.25, 0.3) is 11.3 Å². The number of rotatable bonds is 4. The van der Waals surface area contributed by atoms with Gasteiger partial charge < -0.3 is 10.4 Å². The van der Waals surface area contributed by atoms with E-state index in [1.165, 1.54) is 23.5 Å². The van der Waals surface area contributed by atoms with Crippen molar-refractivity contribution in [1.82, 2.24) is 15.1 Å². The predicted octanol–water partition coefficient (Wildman–Crippen LogP) is 1.59. The Morgan fingerprint density at radius 2 is 1.91 bits per heavy atom. The second kappa shape index (κ2) is 6.24. The van der Waals surface area contributed by atoms with Gasteiger partial charge in [0, 0.05) is 12.5 Å². The average Bonchev–Trinajstić information content (AvgIpc) is 2.50. The van der Waals surface area contributed by atoms with Crippen LogP contribution in [0.25, 0.3) is 0 Å². The summed E-state index contributed by atoms with van der Waals surface area (Å²) in [6.45, 7) is 6.50. The van der Waals surface area contributed by atoms with Gasteiger partial charge in [-0.15, -0.1) is 0 Å². The van der Waals surface area contributed by atoms with Crippen LogP contribution in [-0.2, 0) is 12.0 Å². The predicted molar refractivity (Wildman–Crippen MR) is 87.8 cm³/mol. The molecule has 0 radical (unpaired) electrons. The summed E-state index contributed by atoms with van der Waals surface area (Å²) >= 11 is 0. The summed E-state index contributed by atoms with van der Waals surface area (Å²) < 4.78 is 1.43. The maximum absolute atomic E-state index is 11.8. The lowest BCUT2D eigenvalue weighted by Gasteiger charge is -2.26. The van der Waals surface area contributed by atoms with Crippen LogP contribution >= 0.6 is 0 Å². The second-order valence-electron chi connectivity index (χ2n) is 6.22. The second-order valence-corrected chi connectivity index (χ2v) is 6.22. The SMILES string of the molecule is CNC(=O)c1nn(CC(C)(C)c2ccc(C)cc2)cc(O)c1=O. The van der Waals surface area contributed by atoms with Crippen molar-refractivity contribution in [1.29, 1.82) is 0 Å². The van der Waals surface area contributed by atoms with Gasteiger partial charge in [-0.25, -0.2) is 0 Å². The molecule has 0 aliphatic rings. The first-order chi connectivity index (χ1) is 10.7. The van der Waals surface area contributed by atoms with E-state index in [9.17, 15) is 14.7 Å². The largest absolute Gasteiger partial charge is 0.503 e. The molecule has 0 unspecified atom stereocenters. The zero-order valence-electron chi connectivity index (χ0n) is 13.8. The van der Waals surface area contributed by atoms with E-state index in [2.05, 4.69) is 10.4 Å². The number of hydrogen-bond donors (Lipinski definition) is 2. The Balaban J connectivity index is 2.39. The molecule has 0 bridgehead atoms. The van der Waals surface area contributed by atoms with Gasteiger partial charge in [-0.1, -0.05) is 43.7 Å². The molecule has 0 spiro atoms. The molecule has 0 saturated carbocycles. The van der Waals surface area contributed by atoms with Crippen LogP contribution in [-0.4, -0.2) is 27.8 Å². The van der Waals surface area contributed by atoms with Gasteiger partial charge in [-0.2, -0.15) is 5.10 Å². The summed E-state index contributed by atoms with van der Waals surface area (Å²) in [4.78, 5) is 23.5.